The molecule has 33 heavy (non-hydrogen) atoms. The summed E-state index contributed by atoms with van der Waals surface area (Å²) in [5.41, 5.74) is 0.356. The van der Waals surface area contributed by atoms with E-state index in [2.05, 4.69) is 5.32 Å². The van der Waals surface area contributed by atoms with Gasteiger partial charge in [-0.15, -0.1) is 0 Å². The molecule has 0 bridgehead atoms. The number of rotatable bonds is 11. The summed E-state index contributed by atoms with van der Waals surface area (Å²) in [7, 11) is -3.96. The van der Waals surface area contributed by atoms with E-state index in [-0.39, 0.29) is 24.6 Å². The Hall–Kier alpha value is -3.23. The first-order valence-electron chi connectivity index (χ1n) is 10.4. The van der Waals surface area contributed by atoms with Gasteiger partial charge in [0.1, 0.15) is 24.7 Å². The molecule has 0 saturated heterocycles. The topological polar surface area (TPSA) is 84.9 Å². The molecule has 9 heteroatoms. The SMILES string of the molecule is CCOc1ccc(N(CC(=O)NCCOc2ccc(Cl)cc2)S(=O)(=O)c2ccccc2)cc1. The summed E-state index contributed by atoms with van der Waals surface area (Å²) in [6.45, 7) is 2.41. The van der Waals surface area contributed by atoms with E-state index in [0.29, 0.717) is 28.8 Å². The van der Waals surface area contributed by atoms with Gasteiger partial charge in [0.15, 0.2) is 0 Å². The van der Waals surface area contributed by atoms with Gasteiger partial charge in [-0.3, -0.25) is 9.10 Å². The molecule has 3 aromatic carbocycles. The van der Waals surface area contributed by atoms with Crippen molar-refractivity contribution in [3.05, 3.63) is 83.9 Å². The number of sulfonamides is 1. The summed E-state index contributed by atoms with van der Waals surface area (Å²) in [6, 6.07) is 21.4. The minimum Gasteiger partial charge on any atom is -0.494 e. The van der Waals surface area contributed by atoms with Gasteiger partial charge in [0, 0.05) is 5.02 Å². The highest BCUT2D eigenvalue weighted by molar-refractivity contribution is 7.92. The lowest BCUT2D eigenvalue weighted by molar-refractivity contribution is -0.119. The summed E-state index contributed by atoms with van der Waals surface area (Å²) in [5.74, 6) is 0.779. The van der Waals surface area contributed by atoms with Crippen LogP contribution in [0.1, 0.15) is 6.92 Å². The molecule has 3 aromatic rings. The number of carbonyl (C=O) groups excluding carboxylic acids is 1. The maximum absolute atomic E-state index is 13.3. The number of hydrogen-bond acceptors (Lipinski definition) is 5. The first kappa shape index (κ1) is 24.4. The highest BCUT2D eigenvalue weighted by Crippen LogP contribution is 2.25. The summed E-state index contributed by atoms with van der Waals surface area (Å²) >= 11 is 5.85. The lowest BCUT2D eigenvalue weighted by Gasteiger charge is -2.24. The number of benzene rings is 3. The molecule has 0 fully saturated rings. The number of anilines is 1. The first-order chi connectivity index (χ1) is 15.9. The number of ether oxygens (including phenoxy) is 2. The van der Waals surface area contributed by atoms with Gasteiger partial charge >= 0.3 is 0 Å². The normalized spacial score (nSPS) is 11.0. The second-order valence-corrected chi connectivity index (χ2v) is 9.20. The number of halogens is 1. The quantitative estimate of drug-likeness (QED) is 0.410. The van der Waals surface area contributed by atoms with E-state index in [9.17, 15) is 13.2 Å². The van der Waals surface area contributed by atoms with Gasteiger partial charge in [-0.05, 0) is 67.6 Å². The fourth-order valence-corrected chi connectivity index (χ4v) is 4.55. The fourth-order valence-electron chi connectivity index (χ4n) is 2.99. The molecule has 3 rings (SSSR count). The Labute approximate surface area is 198 Å². The van der Waals surface area contributed by atoms with Crippen LogP contribution in [0.4, 0.5) is 5.69 Å². The van der Waals surface area contributed by atoms with Crippen molar-refractivity contribution < 1.29 is 22.7 Å². The van der Waals surface area contributed by atoms with Crippen molar-refractivity contribution in [3.8, 4) is 11.5 Å². The van der Waals surface area contributed by atoms with Gasteiger partial charge in [-0.2, -0.15) is 0 Å². The van der Waals surface area contributed by atoms with Crippen LogP contribution in [0.15, 0.2) is 83.8 Å². The van der Waals surface area contributed by atoms with Crippen LogP contribution in [0, 0.1) is 0 Å². The third-order valence-corrected chi connectivity index (χ3v) is 6.60. The summed E-state index contributed by atoms with van der Waals surface area (Å²) in [6.07, 6.45) is 0. The zero-order chi connectivity index (χ0) is 23.7. The maximum atomic E-state index is 13.3. The number of nitrogens with one attached hydrogen (secondary N) is 1. The second-order valence-electron chi connectivity index (χ2n) is 6.90. The van der Waals surface area contributed by atoms with Crippen LogP contribution < -0.4 is 19.1 Å². The monoisotopic (exact) mass is 488 g/mol. The lowest BCUT2D eigenvalue weighted by atomic mass is 10.3. The molecule has 1 amide bonds. The lowest BCUT2D eigenvalue weighted by Crippen LogP contribution is -2.41. The average molecular weight is 489 g/mol. The fraction of sp³-hybridized carbons (Fsp3) is 0.208. The van der Waals surface area contributed by atoms with Crippen molar-refractivity contribution in [1.82, 2.24) is 5.32 Å². The van der Waals surface area contributed by atoms with Crippen LogP contribution in [-0.2, 0) is 14.8 Å². The molecule has 0 unspecified atom stereocenters. The van der Waals surface area contributed by atoms with Crippen LogP contribution in [0.3, 0.4) is 0 Å². The first-order valence-corrected chi connectivity index (χ1v) is 12.2. The summed E-state index contributed by atoms with van der Waals surface area (Å²) in [4.78, 5) is 12.7. The van der Waals surface area contributed by atoms with Crippen molar-refractivity contribution in [1.29, 1.82) is 0 Å². The molecule has 0 atom stereocenters. The molecule has 0 aliphatic heterocycles. The molecule has 0 spiro atoms. The molecule has 0 saturated carbocycles. The van der Waals surface area contributed by atoms with Gasteiger partial charge in [0.2, 0.25) is 5.91 Å². The summed E-state index contributed by atoms with van der Waals surface area (Å²) in [5, 5.41) is 3.30. The van der Waals surface area contributed by atoms with Crippen LogP contribution >= 0.6 is 11.6 Å². The van der Waals surface area contributed by atoms with E-state index >= 15 is 0 Å². The Kier molecular flexibility index (Phi) is 8.57. The highest BCUT2D eigenvalue weighted by atomic mass is 35.5. The van der Waals surface area contributed by atoms with Gasteiger partial charge in [0.25, 0.3) is 10.0 Å². The van der Waals surface area contributed by atoms with E-state index in [1.807, 2.05) is 6.92 Å². The molecule has 0 aliphatic rings. The minimum atomic E-state index is -3.96. The van der Waals surface area contributed by atoms with Crippen molar-refractivity contribution in [2.75, 3.05) is 30.6 Å². The standard InChI is InChI=1S/C24H25ClN2O5S/c1-2-31-21-14-10-20(11-15-21)27(33(29,30)23-6-4-3-5-7-23)18-24(28)26-16-17-32-22-12-8-19(25)9-13-22/h3-15H,2,16-18H2,1H3,(H,26,28). The predicted molar refractivity (Wildman–Crippen MR) is 129 cm³/mol. The van der Waals surface area contributed by atoms with E-state index in [4.69, 9.17) is 21.1 Å². The van der Waals surface area contributed by atoms with E-state index < -0.39 is 15.9 Å². The number of amides is 1. The zero-order valence-corrected chi connectivity index (χ0v) is 19.7. The van der Waals surface area contributed by atoms with Gasteiger partial charge in [-0.25, -0.2) is 8.42 Å². The molecule has 0 aromatic heterocycles. The van der Waals surface area contributed by atoms with Gasteiger partial charge < -0.3 is 14.8 Å². The largest absolute Gasteiger partial charge is 0.494 e. The van der Waals surface area contributed by atoms with E-state index in [1.54, 1.807) is 66.7 Å². The van der Waals surface area contributed by atoms with Crippen LogP contribution in [0.2, 0.25) is 5.02 Å². The molecule has 174 valence electrons. The molecule has 0 heterocycles. The van der Waals surface area contributed by atoms with E-state index in [0.717, 1.165) is 4.31 Å². The third-order valence-electron chi connectivity index (χ3n) is 4.56. The Morgan fingerprint density at radius 2 is 1.52 bits per heavy atom. The Balaban J connectivity index is 1.69. The van der Waals surface area contributed by atoms with E-state index in [1.165, 1.54) is 12.1 Å². The molecular weight excluding hydrogens is 464 g/mol. The smallest absolute Gasteiger partial charge is 0.264 e. The molecule has 0 aliphatic carbocycles. The Morgan fingerprint density at radius 1 is 0.909 bits per heavy atom. The second kappa shape index (κ2) is 11.6. The molecule has 0 radical (unpaired) electrons. The Bertz CT molecular complexity index is 1140. The molecule has 7 nitrogen and oxygen atoms in total. The predicted octanol–water partition coefficient (Wildman–Crippen LogP) is 4.13. The van der Waals surface area contributed by atoms with Crippen molar-refractivity contribution in [2.45, 2.75) is 11.8 Å². The molecule has 1 N–H and O–H groups in total. The average Bonchev–Trinajstić information content (AvgIpc) is 2.83. The van der Waals surface area contributed by atoms with Crippen molar-refractivity contribution in [2.24, 2.45) is 0 Å². The third kappa shape index (κ3) is 6.87. The highest BCUT2D eigenvalue weighted by Gasteiger charge is 2.27. The number of nitrogens with zero attached hydrogens (tertiary/aromatic N) is 1. The van der Waals surface area contributed by atoms with Crippen LogP contribution in [-0.4, -0.2) is 40.6 Å². The van der Waals surface area contributed by atoms with Crippen LogP contribution in [0.25, 0.3) is 0 Å². The van der Waals surface area contributed by atoms with Gasteiger partial charge in [0.05, 0.1) is 23.7 Å². The number of carbonyl (C=O) groups is 1. The number of hydrogen-bond donors (Lipinski definition) is 1. The van der Waals surface area contributed by atoms with Gasteiger partial charge in [-0.1, -0.05) is 29.8 Å². The van der Waals surface area contributed by atoms with Crippen molar-refractivity contribution in [3.63, 3.8) is 0 Å². The van der Waals surface area contributed by atoms with Crippen LogP contribution in [0.5, 0.6) is 11.5 Å². The maximum Gasteiger partial charge on any atom is 0.264 e. The Morgan fingerprint density at radius 3 is 2.15 bits per heavy atom. The minimum absolute atomic E-state index is 0.0951. The molecular formula is C24H25ClN2O5S. The summed E-state index contributed by atoms with van der Waals surface area (Å²) < 4.78 is 38.7. The zero-order valence-electron chi connectivity index (χ0n) is 18.1. The van der Waals surface area contributed by atoms with Crippen molar-refractivity contribution >= 4 is 33.2 Å².